The zero-order valence-electron chi connectivity index (χ0n) is 12.2. The third-order valence-electron chi connectivity index (χ3n) is 2.97. The molecular weight excluding hydrogens is 260 g/mol. The first-order valence-corrected chi connectivity index (χ1v) is 7.03. The van der Waals surface area contributed by atoms with E-state index in [2.05, 4.69) is 15.0 Å². The molecule has 1 aliphatic heterocycles. The molecular formula is C13H22N4O3. The van der Waals surface area contributed by atoms with E-state index in [1.165, 1.54) is 0 Å². The Hall–Kier alpha value is -1.63. The highest BCUT2D eigenvalue weighted by molar-refractivity contribution is 5.20. The zero-order valence-corrected chi connectivity index (χ0v) is 12.2. The zero-order chi connectivity index (χ0) is 14.5. The number of nitrogen functional groups attached to an aromatic ring is 1. The minimum Gasteiger partial charge on any atom is -0.463 e. The first-order chi connectivity index (χ1) is 9.56. The molecule has 2 rings (SSSR count). The lowest BCUT2D eigenvalue weighted by Crippen LogP contribution is -2.36. The molecule has 0 radical (unpaired) electrons. The van der Waals surface area contributed by atoms with Gasteiger partial charge in [-0.05, 0) is 20.3 Å². The average Bonchev–Trinajstić information content (AvgIpc) is 2.34. The van der Waals surface area contributed by atoms with Gasteiger partial charge in [-0.1, -0.05) is 6.92 Å². The monoisotopic (exact) mass is 282 g/mol. The van der Waals surface area contributed by atoms with Crippen LogP contribution in [-0.4, -0.2) is 39.9 Å². The molecule has 0 bridgehead atoms. The predicted molar refractivity (Wildman–Crippen MR) is 73.7 cm³/mol. The number of rotatable bonds is 5. The Bertz CT molecular complexity index is 434. The van der Waals surface area contributed by atoms with Crippen molar-refractivity contribution >= 4 is 5.95 Å². The molecule has 2 atom stereocenters. The summed E-state index contributed by atoms with van der Waals surface area (Å²) in [6.45, 7) is 6.61. The standard InChI is InChI=1S/C13H22N4O3/c1-4-5-18-12-15-11(14)16-13(17-12)20-10-6-8(2)19-9(3)7-10/h8-10H,4-7H2,1-3H3,(H2,14,15,16,17). The van der Waals surface area contributed by atoms with E-state index in [1.54, 1.807) is 0 Å². The fourth-order valence-electron chi connectivity index (χ4n) is 2.25. The first-order valence-electron chi connectivity index (χ1n) is 7.03. The Morgan fingerprint density at radius 3 is 2.45 bits per heavy atom. The van der Waals surface area contributed by atoms with Crippen LogP contribution in [0.3, 0.4) is 0 Å². The molecule has 0 aliphatic carbocycles. The molecule has 0 saturated carbocycles. The van der Waals surface area contributed by atoms with Gasteiger partial charge in [0.05, 0.1) is 18.8 Å². The second-order valence-corrected chi connectivity index (χ2v) is 5.08. The second-order valence-electron chi connectivity index (χ2n) is 5.08. The van der Waals surface area contributed by atoms with Crippen molar-refractivity contribution in [1.82, 2.24) is 15.0 Å². The van der Waals surface area contributed by atoms with Crippen molar-refractivity contribution < 1.29 is 14.2 Å². The molecule has 1 saturated heterocycles. The lowest BCUT2D eigenvalue weighted by Gasteiger charge is -2.31. The molecule has 0 aromatic carbocycles. The molecule has 2 unspecified atom stereocenters. The van der Waals surface area contributed by atoms with E-state index < -0.39 is 0 Å². The summed E-state index contributed by atoms with van der Waals surface area (Å²) < 4.78 is 16.8. The Morgan fingerprint density at radius 2 is 1.80 bits per heavy atom. The molecule has 2 heterocycles. The van der Waals surface area contributed by atoms with Crippen LogP contribution in [0.4, 0.5) is 5.95 Å². The molecule has 1 fully saturated rings. The normalized spacial score (nSPS) is 26.2. The van der Waals surface area contributed by atoms with Gasteiger partial charge in [-0.3, -0.25) is 0 Å². The van der Waals surface area contributed by atoms with Crippen molar-refractivity contribution in [2.45, 2.75) is 58.3 Å². The molecule has 1 aromatic heterocycles. The van der Waals surface area contributed by atoms with E-state index in [-0.39, 0.29) is 36.3 Å². The first kappa shape index (κ1) is 14.8. The van der Waals surface area contributed by atoms with Gasteiger partial charge >= 0.3 is 12.0 Å². The van der Waals surface area contributed by atoms with Crippen molar-refractivity contribution in [3.63, 3.8) is 0 Å². The van der Waals surface area contributed by atoms with Crippen molar-refractivity contribution in [3.8, 4) is 12.0 Å². The van der Waals surface area contributed by atoms with Crippen molar-refractivity contribution in [2.24, 2.45) is 0 Å². The fourth-order valence-corrected chi connectivity index (χ4v) is 2.25. The van der Waals surface area contributed by atoms with Gasteiger partial charge in [-0.25, -0.2) is 0 Å². The summed E-state index contributed by atoms with van der Waals surface area (Å²) in [5, 5.41) is 0. The Balaban J connectivity index is 2.02. The summed E-state index contributed by atoms with van der Waals surface area (Å²) in [4.78, 5) is 12.0. The van der Waals surface area contributed by atoms with Crippen molar-refractivity contribution in [3.05, 3.63) is 0 Å². The van der Waals surface area contributed by atoms with E-state index >= 15 is 0 Å². The Morgan fingerprint density at radius 1 is 1.15 bits per heavy atom. The maximum Gasteiger partial charge on any atom is 0.324 e. The summed E-state index contributed by atoms with van der Waals surface area (Å²) in [6, 6.07) is 0.428. The van der Waals surface area contributed by atoms with E-state index in [9.17, 15) is 0 Å². The molecule has 112 valence electrons. The van der Waals surface area contributed by atoms with E-state index in [1.807, 2.05) is 20.8 Å². The van der Waals surface area contributed by atoms with Crippen LogP contribution in [0.2, 0.25) is 0 Å². The Labute approximate surface area is 118 Å². The molecule has 0 spiro atoms. The predicted octanol–water partition coefficient (Wildman–Crippen LogP) is 1.58. The van der Waals surface area contributed by atoms with Gasteiger partial charge in [0.2, 0.25) is 5.95 Å². The van der Waals surface area contributed by atoms with Gasteiger partial charge in [0.1, 0.15) is 6.10 Å². The summed E-state index contributed by atoms with van der Waals surface area (Å²) in [6.07, 6.45) is 2.84. The topological polar surface area (TPSA) is 92.4 Å². The smallest absolute Gasteiger partial charge is 0.324 e. The average molecular weight is 282 g/mol. The number of aromatic nitrogens is 3. The van der Waals surface area contributed by atoms with Crippen LogP contribution < -0.4 is 15.2 Å². The van der Waals surface area contributed by atoms with Crippen LogP contribution in [0.5, 0.6) is 12.0 Å². The largest absolute Gasteiger partial charge is 0.463 e. The third-order valence-corrected chi connectivity index (χ3v) is 2.97. The number of anilines is 1. The highest BCUT2D eigenvalue weighted by Gasteiger charge is 2.26. The number of nitrogens with zero attached hydrogens (tertiary/aromatic N) is 3. The highest BCUT2D eigenvalue weighted by Crippen LogP contribution is 2.23. The van der Waals surface area contributed by atoms with Crippen LogP contribution >= 0.6 is 0 Å². The molecule has 0 amide bonds. The van der Waals surface area contributed by atoms with Gasteiger partial charge < -0.3 is 19.9 Å². The van der Waals surface area contributed by atoms with Crippen LogP contribution in [-0.2, 0) is 4.74 Å². The lowest BCUT2D eigenvalue weighted by atomic mass is 10.0. The quantitative estimate of drug-likeness (QED) is 0.876. The van der Waals surface area contributed by atoms with Crippen LogP contribution in [0, 0.1) is 0 Å². The maximum absolute atomic E-state index is 5.80. The number of hydrogen-bond donors (Lipinski definition) is 1. The Kier molecular flexibility index (Phi) is 4.94. The van der Waals surface area contributed by atoms with Gasteiger partial charge in [-0.15, -0.1) is 4.98 Å². The number of nitrogens with two attached hydrogens (primary N) is 1. The molecule has 20 heavy (non-hydrogen) atoms. The van der Waals surface area contributed by atoms with Gasteiger partial charge in [0.15, 0.2) is 0 Å². The third kappa shape index (κ3) is 4.19. The molecule has 1 aliphatic rings. The van der Waals surface area contributed by atoms with Crippen LogP contribution in [0.25, 0.3) is 0 Å². The second kappa shape index (κ2) is 6.69. The van der Waals surface area contributed by atoms with E-state index in [0.29, 0.717) is 6.61 Å². The van der Waals surface area contributed by atoms with Gasteiger partial charge in [0, 0.05) is 12.8 Å². The number of hydrogen-bond acceptors (Lipinski definition) is 7. The summed E-state index contributed by atoms with van der Waals surface area (Å²) in [5.74, 6) is 0.106. The summed E-state index contributed by atoms with van der Waals surface area (Å²) in [5.41, 5.74) is 5.64. The van der Waals surface area contributed by atoms with Crippen LogP contribution in [0.15, 0.2) is 0 Å². The van der Waals surface area contributed by atoms with E-state index in [0.717, 1.165) is 19.3 Å². The van der Waals surface area contributed by atoms with E-state index in [4.69, 9.17) is 19.9 Å². The highest BCUT2D eigenvalue weighted by atomic mass is 16.5. The summed E-state index contributed by atoms with van der Waals surface area (Å²) in [7, 11) is 0. The maximum atomic E-state index is 5.80. The SMILES string of the molecule is CCCOc1nc(N)nc(OC2CC(C)OC(C)C2)n1. The summed E-state index contributed by atoms with van der Waals surface area (Å²) >= 11 is 0. The molecule has 2 N–H and O–H groups in total. The molecule has 7 nitrogen and oxygen atoms in total. The van der Waals surface area contributed by atoms with Crippen molar-refractivity contribution in [2.75, 3.05) is 12.3 Å². The van der Waals surface area contributed by atoms with Crippen LogP contribution in [0.1, 0.15) is 40.0 Å². The molecule has 7 heteroatoms. The van der Waals surface area contributed by atoms with Gasteiger partial charge in [0.25, 0.3) is 0 Å². The molecule has 1 aromatic rings. The lowest BCUT2D eigenvalue weighted by molar-refractivity contribution is -0.0739. The van der Waals surface area contributed by atoms with Crippen molar-refractivity contribution in [1.29, 1.82) is 0 Å². The fraction of sp³-hybridized carbons (Fsp3) is 0.769. The minimum atomic E-state index is 0.0228. The minimum absolute atomic E-state index is 0.0228. The van der Waals surface area contributed by atoms with Gasteiger partial charge in [-0.2, -0.15) is 9.97 Å². The number of ether oxygens (including phenoxy) is 3.